The van der Waals surface area contributed by atoms with Gasteiger partial charge in [-0.1, -0.05) is 17.7 Å². The zero-order valence-electron chi connectivity index (χ0n) is 12.0. The number of anilines is 1. The maximum atomic E-state index is 11.7. The maximum absolute atomic E-state index is 11.7. The van der Waals surface area contributed by atoms with E-state index in [9.17, 15) is 4.79 Å². The number of benzene rings is 1. The molecule has 0 radical (unpaired) electrons. The van der Waals surface area contributed by atoms with Crippen LogP contribution in [0.3, 0.4) is 0 Å². The molecule has 0 saturated heterocycles. The lowest BCUT2D eigenvalue weighted by atomic mass is 10.1. The van der Waals surface area contributed by atoms with Crippen LogP contribution in [0.5, 0.6) is 0 Å². The molecule has 18 heavy (non-hydrogen) atoms. The molecule has 0 saturated carbocycles. The minimum Gasteiger partial charge on any atom is -0.306 e. The van der Waals surface area contributed by atoms with Gasteiger partial charge in [-0.05, 0) is 52.7 Å². The SMILES string of the molecule is Cc1cc(C)c(NC(=O)NOC(C)(C)C)c(C)c1. The molecule has 0 atom stereocenters. The van der Waals surface area contributed by atoms with Gasteiger partial charge in [0.25, 0.3) is 0 Å². The van der Waals surface area contributed by atoms with Gasteiger partial charge < -0.3 is 5.32 Å². The molecule has 0 aliphatic heterocycles. The predicted octanol–water partition coefficient (Wildman–Crippen LogP) is 3.46. The van der Waals surface area contributed by atoms with Crippen molar-refractivity contribution in [1.29, 1.82) is 0 Å². The van der Waals surface area contributed by atoms with E-state index in [1.165, 1.54) is 5.56 Å². The van der Waals surface area contributed by atoms with Crippen LogP contribution in [0.2, 0.25) is 0 Å². The standard InChI is InChI=1S/C14H22N2O2/c1-9-7-10(2)12(11(3)8-9)15-13(17)16-18-14(4,5)6/h7-8H,1-6H3,(H2,15,16,17). The first kappa shape index (κ1) is 14.5. The van der Waals surface area contributed by atoms with E-state index in [1.54, 1.807) is 0 Å². The minimum absolute atomic E-state index is 0.361. The third-order valence-corrected chi connectivity index (χ3v) is 2.37. The van der Waals surface area contributed by atoms with Crippen molar-refractivity contribution in [1.82, 2.24) is 5.48 Å². The normalized spacial score (nSPS) is 11.2. The van der Waals surface area contributed by atoms with Gasteiger partial charge >= 0.3 is 6.03 Å². The van der Waals surface area contributed by atoms with Crippen LogP contribution in [0, 0.1) is 20.8 Å². The lowest BCUT2D eigenvalue weighted by Crippen LogP contribution is -2.36. The zero-order chi connectivity index (χ0) is 13.9. The fourth-order valence-electron chi connectivity index (χ4n) is 1.72. The van der Waals surface area contributed by atoms with Crippen LogP contribution in [0.25, 0.3) is 0 Å². The van der Waals surface area contributed by atoms with Gasteiger partial charge in [0.15, 0.2) is 0 Å². The summed E-state index contributed by atoms with van der Waals surface area (Å²) in [6, 6.07) is 3.71. The fraction of sp³-hybridized carbons (Fsp3) is 0.500. The lowest BCUT2D eigenvalue weighted by molar-refractivity contribution is -0.0505. The van der Waals surface area contributed by atoms with Crippen LogP contribution in [0.15, 0.2) is 12.1 Å². The van der Waals surface area contributed by atoms with Crippen LogP contribution in [0.4, 0.5) is 10.5 Å². The quantitative estimate of drug-likeness (QED) is 0.790. The van der Waals surface area contributed by atoms with E-state index in [4.69, 9.17) is 4.84 Å². The van der Waals surface area contributed by atoms with E-state index in [-0.39, 0.29) is 6.03 Å². The smallest absolute Gasteiger partial charge is 0.306 e. The van der Waals surface area contributed by atoms with Crippen LogP contribution in [-0.4, -0.2) is 11.6 Å². The first-order valence-corrected chi connectivity index (χ1v) is 6.02. The molecule has 4 heteroatoms. The van der Waals surface area contributed by atoms with Crippen LogP contribution >= 0.6 is 0 Å². The maximum Gasteiger partial charge on any atom is 0.343 e. The topological polar surface area (TPSA) is 50.4 Å². The number of carbonyl (C=O) groups excluding carboxylic acids is 1. The van der Waals surface area contributed by atoms with Crippen molar-refractivity contribution < 1.29 is 9.63 Å². The fourth-order valence-corrected chi connectivity index (χ4v) is 1.72. The molecule has 1 rings (SSSR count). The summed E-state index contributed by atoms with van der Waals surface area (Å²) in [6.45, 7) is 11.6. The number of rotatable bonds is 2. The minimum atomic E-state index is -0.408. The van der Waals surface area contributed by atoms with Gasteiger partial charge in [-0.15, -0.1) is 0 Å². The Morgan fingerprint density at radius 1 is 1.11 bits per heavy atom. The summed E-state index contributed by atoms with van der Waals surface area (Å²) in [7, 11) is 0. The highest BCUT2D eigenvalue weighted by molar-refractivity contribution is 5.90. The average molecular weight is 250 g/mol. The molecule has 0 aliphatic carbocycles. The van der Waals surface area contributed by atoms with Gasteiger partial charge in [-0.3, -0.25) is 4.84 Å². The monoisotopic (exact) mass is 250 g/mol. The molecule has 0 heterocycles. The second-order valence-corrected chi connectivity index (χ2v) is 5.54. The van der Waals surface area contributed by atoms with Gasteiger partial charge in [0.1, 0.15) is 0 Å². The molecule has 0 spiro atoms. The Hall–Kier alpha value is -1.55. The summed E-state index contributed by atoms with van der Waals surface area (Å²) >= 11 is 0. The average Bonchev–Trinajstić information content (AvgIpc) is 2.19. The summed E-state index contributed by atoms with van der Waals surface area (Å²) in [5.74, 6) is 0. The van der Waals surface area contributed by atoms with Gasteiger partial charge in [0.2, 0.25) is 0 Å². The van der Waals surface area contributed by atoms with Crippen molar-refractivity contribution in [2.45, 2.75) is 47.1 Å². The molecular formula is C14H22N2O2. The molecule has 0 fully saturated rings. The van der Waals surface area contributed by atoms with Crippen LogP contribution in [-0.2, 0) is 4.84 Å². The molecule has 0 aromatic heterocycles. The highest BCUT2D eigenvalue weighted by Crippen LogP contribution is 2.21. The van der Waals surface area contributed by atoms with Gasteiger partial charge in [0.05, 0.1) is 5.60 Å². The van der Waals surface area contributed by atoms with E-state index < -0.39 is 5.60 Å². The van der Waals surface area contributed by atoms with E-state index in [1.807, 2.05) is 53.7 Å². The Balaban J connectivity index is 2.71. The Morgan fingerprint density at radius 2 is 1.61 bits per heavy atom. The molecule has 0 unspecified atom stereocenters. The lowest BCUT2D eigenvalue weighted by Gasteiger charge is -2.20. The number of hydrogen-bond acceptors (Lipinski definition) is 2. The Morgan fingerprint density at radius 3 is 2.06 bits per heavy atom. The number of amides is 2. The largest absolute Gasteiger partial charge is 0.343 e. The summed E-state index contributed by atoms with van der Waals surface area (Å²) in [4.78, 5) is 16.9. The number of aryl methyl sites for hydroxylation is 3. The van der Waals surface area contributed by atoms with Crippen molar-refractivity contribution in [2.75, 3.05) is 5.32 Å². The van der Waals surface area contributed by atoms with Crippen LogP contribution < -0.4 is 10.8 Å². The molecular weight excluding hydrogens is 228 g/mol. The highest BCUT2D eigenvalue weighted by atomic mass is 16.7. The highest BCUT2D eigenvalue weighted by Gasteiger charge is 2.14. The number of carbonyl (C=O) groups is 1. The summed E-state index contributed by atoms with van der Waals surface area (Å²) < 4.78 is 0. The van der Waals surface area contributed by atoms with E-state index in [0.717, 1.165) is 16.8 Å². The molecule has 1 aromatic rings. The summed E-state index contributed by atoms with van der Waals surface area (Å²) in [5, 5.41) is 2.80. The molecule has 100 valence electrons. The molecule has 2 N–H and O–H groups in total. The molecule has 1 aromatic carbocycles. The second-order valence-electron chi connectivity index (χ2n) is 5.54. The molecule has 2 amide bonds. The summed E-state index contributed by atoms with van der Waals surface area (Å²) in [6.07, 6.45) is 0. The third-order valence-electron chi connectivity index (χ3n) is 2.37. The third kappa shape index (κ3) is 4.37. The zero-order valence-corrected chi connectivity index (χ0v) is 12.0. The van der Waals surface area contributed by atoms with Crippen molar-refractivity contribution in [3.8, 4) is 0 Å². The summed E-state index contributed by atoms with van der Waals surface area (Å²) in [5.41, 5.74) is 6.07. The molecule has 0 bridgehead atoms. The van der Waals surface area contributed by atoms with Gasteiger partial charge in [-0.25, -0.2) is 10.3 Å². The van der Waals surface area contributed by atoms with Gasteiger partial charge in [0, 0.05) is 5.69 Å². The van der Waals surface area contributed by atoms with Crippen LogP contribution in [0.1, 0.15) is 37.5 Å². The first-order valence-electron chi connectivity index (χ1n) is 6.02. The first-order chi connectivity index (χ1) is 8.19. The Labute approximate surface area is 109 Å². The number of urea groups is 1. The Bertz CT molecular complexity index is 425. The molecule has 0 aliphatic rings. The van der Waals surface area contributed by atoms with Crippen molar-refractivity contribution in [3.63, 3.8) is 0 Å². The van der Waals surface area contributed by atoms with Crippen molar-refractivity contribution in [2.24, 2.45) is 0 Å². The number of hydroxylamine groups is 1. The van der Waals surface area contributed by atoms with E-state index >= 15 is 0 Å². The molecule has 4 nitrogen and oxygen atoms in total. The van der Waals surface area contributed by atoms with Crippen molar-refractivity contribution in [3.05, 3.63) is 28.8 Å². The number of hydrogen-bond donors (Lipinski definition) is 2. The van der Waals surface area contributed by atoms with E-state index in [0.29, 0.717) is 0 Å². The van der Waals surface area contributed by atoms with Crippen molar-refractivity contribution >= 4 is 11.7 Å². The predicted molar refractivity (Wildman–Crippen MR) is 73.6 cm³/mol. The second kappa shape index (κ2) is 5.40. The Kier molecular flexibility index (Phi) is 4.35. The van der Waals surface area contributed by atoms with E-state index in [2.05, 4.69) is 10.8 Å². The van der Waals surface area contributed by atoms with Gasteiger partial charge in [-0.2, -0.15) is 0 Å². The number of nitrogens with one attached hydrogen (secondary N) is 2.